The minimum atomic E-state index is -0.742. The first-order chi connectivity index (χ1) is 13.0. The molecule has 136 valence electrons. The predicted octanol–water partition coefficient (Wildman–Crippen LogP) is 3.86. The molecule has 3 aromatic carbocycles. The number of hydrogen-bond donors (Lipinski definition) is 2. The second-order valence-electron chi connectivity index (χ2n) is 6.05. The van der Waals surface area contributed by atoms with Gasteiger partial charge in [0.15, 0.2) is 6.10 Å². The summed E-state index contributed by atoms with van der Waals surface area (Å²) in [6, 6.07) is 24.1. The van der Waals surface area contributed by atoms with Gasteiger partial charge in [-0.05, 0) is 42.3 Å². The van der Waals surface area contributed by atoms with Crippen LogP contribution in [0.1, 0.15) is 17.3 Å². The van der Waals surface area contributed by atoms with Gasteiger partial charge in [-0.2, -0.15) is 0 Å². The summed E-state index contributed by atoms with van der Waals surface area (Å²) in [7, 11) is 0. The molecule has 0 unspecified atom stereocenters. The summed E-state index contributed by atoms with van der Waals surface area (Å²) in [5.74, 6) is -0.382. The van der Waals surface area contributed by atoms with E-state index in [4.69, 9.17) is 10.5 Å². The second kappa shape index (κ2) is 8.19. The molecule has 0 spiro atoms. The number of nitrogens with two attached hydrogens (primary N) is 1. The Labute approximate surface area is 157 Å². The third kappa shape index (κ3) is 4.52. The molecule has 0 fully saturated rings. The number of nitrogens with one attached hydrogen (secondary N) is 1. The lowest BCUT2D eigenvalue weighted by atomic mass is 10.1. The molecule has 0 saturated heterocycles. The van der Waals surface area contributed by atoms with E-state index in [0.717, 1.165) is 11.1 Å². The molecule has 0 aliphatic rings. The van der Waals surface area contributed by atoms with Gasteiger partial charge in [0.2, 0.25) is 0 Å². The normalized spacial score (nSPS) is 11.4. The molecule has 3 N–H and O–H groups in total. The average Bonchev–Trinajstić information content (AvgIpc) is 2.69. The van der Waals surface area contributed by atoms with Gasteiger partial charge in [0.05, 0.1) is 11.3 Å². The number of carbonyl (C=O) groups excluding carboxylic acids is 2. The Bertz CT molecular complexity index is 937. The molecule has 0 aliphatic heterocycles. The lowest BCUT2D eigenvalue weighted by molar-refractivity contribution is -0.122. The smallest absolute Gasteiger partial charge is 0.265 e. The van der Waals surface area contributed by atoms with Crippen molar-refractivity contribution in [2.75, 3.05) is 5.32 Å². The monoisotopic (exact) mass is 360 g/mol. The fourth-order valence-corrected chi connectivity index (χ4v) is 2.66. The van der Waals surface area contributed by atoms with Gasteiger partial charge in [-0.15, -0.1) is 0 Å². The van der Waals surface area contributed by atoms with Crippen LogP contribution < -0.4 is 15.8 Å². The fraction of sp³-hybridized carbons (Fsp3) is 0.0909. The summed E-state index contributed by atoms with van der Waals surface area (Å²) in [4.78, 5) is 23.8. The van der Waals surface area contributed by atoms with Crippen molar-refractivity contribution >= 4 is 17.5 Å². The largest absolute Gasteiger partial charge is 0.481 e. The van der Waals surface area contributed by atoms with E-state index in [1.54, 1.807) is 31.2 Å². The Morgan fingerprint density at radius 3 is 2.11 bits per heavy atom. The minimum Gasteiger partial charge on any atom is -0.481 e. The summed E-state index contributed by atoms with van der Waals surface area (Å²) >= 11 is 0. The van der Waals surface area contributed by atoms with Gasteiger partial charge in [-0.1, -0.05) is 54.6 Å². The van der Waals surface area contributed by atoms with E-state index in [1.165, 1.54) is 0 Å². The van der Waals surface area contributed by atoms with Crippen LogP contribution in [0.5, 0.6) is 5.75 Å². The number of benzene rings is 3. The maximum Gasteiger partial charge on any atom is 0.265 e. The molecular formula is C22H20N2O3. The molecular weight excluding hydrogens is 340 g/mol. The Balaban J connectivity index is 1.66. The molecule has 0 aromatic heterocycles. The van der Waals surface area contributed by atoms with Crippen molar-refractivity contribution in [3.63, 3.8) is 0 Å². The van der Waals surface area contributed by atoms with Crippen molar-refractivity contribution < 1.29 is 14.3 Å². The summed E-state index contributed by atoms with van der Waals surface area (Å²) in [6.45, 7) is 1.65. The first-order valence-corrected chi connectivity index (χ1v) is 8.56. The molecule has 0 aliphatic carbocycles. The Kier molecular flexibility index (Phi) is 5.52. The topological polar surface area (TPSA) is 81.4 Å². The number of para-hydroxylation sites is 1. The van der Waals surface area contributed by atoms with Crippen LogP contribution in [0.4, 0.5) is 5.69 Å². The van der Waals surface area contributed by atoms with E-state index < -0.39 is 12.0 Å². The molecule has 0 radical (unpaired) electrons. The zero-order valence-electron chi connectivity index (χ0n) is 14.9. The van der Waals surface area contributed by atoms with Crippen molar-refractivity contribution in [2.24, 2.45) is 5.73 Å². The Morgan fingerprint density at radius 2 is 1.44 bits per heavy atom. The van der Waals surface area contributed by atoms with Gasteiger partial charge in [-0.25, -0.2) is 0 Å². The number of anilines is 1. The van der Waals surface area contributed by atoms with Crippen LogP contribution in [0.25, 0.3) is 11.1 Å². The van der Waals surface area contributed by atoms with Gasteiger partial charge in [0.1, 0.15) is 5.75 Å². The highest BCUT2D eigenvalue weighted by atomic mass is 16.5. The van der Waals surface area contributed by atoms with Gasteiger partial charge in [-0.3, -0.25) is 9.59 Å². The summed E-state index contributed by atoms with van der Waals surface area (Å²) in [6.07, 6.45) is -0.742. The molecule has 0 saturated carbocycles. The van der Waals surface area contributed by atoms with Crippen LogP contribution in [0.15, 0.2) is 78.9 Å². The van der Waals surface area contributed by atoms with Gasteiger partial charge >= 0.3 is 0 Å². The van der Waals surface area contributed by atoms with Crippen LogP contribution in [0.3, 0.4) is 0 Å². The number of hydrogen-bond acceptors (Lipinski definition) is 3. The first kappa shape index (κ1) is 18.2. The summed E-state index contributed by atoms with van der Waals surface area (Å²) in [5, 5.41) is 2.68. The molecule has 3 rings (SSSR count). The van der Waals surface area contributed by atoms with Crippen LogP contribution in [-0.2, 0) is 4.79 Å². The molecule has 5 nitrogen and oxygen atoms in total. The zero-order valence-corrected chi connectivity index (χ0v) is 14.9. The fourth-order valence-electron chi connectivity index (χ4n) is 2.66. The maximum absolute atomic E-state index is 12.4. The Hall–Kier alpha value is -3.60. The zero-order chi connectivity index (χ0) is 19.2. The highest BCUT2D eigenvalue weighted by molar-refractivity contribution is 6.03. The first-order valence-electron chi connectivity index (χ1n) is 8.56. The highest BCUT2D eigenvalue weighted by Crippen LogP contribution is 2.23. The molecule has 3 aromatic rings. The molecule has 27 heavy (non-hydrogen) atoms. The van der Waals surface area contributed by atoms with Crippen molar-refractivity contribution in [3.8, 4) is 16.9 Å². The van der Waals surface area contributed by atoms with E-state index >= 15 is 0 Å². The average molecular weight is 360 g/mol. The third-order valence-electron chi connectivity index (χ3n) is 4.09. The van der Waals surface area contributed by atoms with Crippen molar-refractivity contribution in [3.05, 3.63) is 84.4 Å². The molecule has 5 heteroatoms. The predicted molar refractivity (Wildman–Crippen MR) is 106 cm³/mol. The van der Waals surface area contributed by atoms with E-state index in [9.17, 15) is 9.59 Å². The SMILES string of the molecule is C[C@@H](Oc1ccc(-c2ccccc2)cc1)C(=O)Nc1ccccc1C(N)=O. The van der Waals surface area contributed by atoms with Gasteiger partial charge < -0.3 is 15.8 Å². The summed E-state index contributed by atoms with van der Waals surface area (Å²) < 4.78 is 5.71. The molecule has 0 bridgehead atoms. The minimum absolute atomic E-state index is 0.255. The van der Waals surface area contributed by atoms with E-state index in [-0.39, 0.29) is 11.5 Å². The standard InChI is InChI=1S/C22H20N2O3/c1-15(22(26)24-20-10-6-5-9-19(20)21(23)25)27-18-13-11-17(12-14-18)16-7-3-2-4-8-16/h2-15H,1H3,(H2,23,25)(H,24,26)/t15-/m1/s1. The highest BCUT2D eigenvalue weighted by Gasteiger charge is 2.17. The van der Waals surface area contributed by atoms with Crippen molar-refractivity contribution in [1.82, 2.24) is 0 Å². The van der Waals surface area contributed by atoms with E-state index in [2.05, 4.69) is 5.32 Å². The van der Waals surface area contributed by atoms with Gasteiger partial charge in [0.25, 0.3) is 11.8 Å². The van der Waals surface area contributed by atoms with Crippen LogP contribution in [-0.4, -0.2) is 17.9 Å². The molecule has 2 amide bonds. The maximum atomic E-state index is 12.4. The van der Waals surface area contributed by atoms with E-state index in [0.29, 0.717) is 11.4 Å². The number of primary amides is 1. The number of ether oxygens (including phenoxy) is 1. The molecule has 0 heterocycles. The Morgan fingerprint density at radius 1 is 0.852 bits per heavy atom. The van der Waals surface area contributed by atoms with Crippen molar-refractivity contribution in [1.29, 1.82) is 0 Å². The molecule has 1 atom stereocenters. The van der Waals surface area contributed by atoms with Crippen molar-refractivity contribution in [2.45, 2.75) is 13.0 Å². The van der Waals surface area contributed by atoms with E-state index in [1.807, 2.05) is 54.6 Å². The number of amides is 2. The van der Waals surface area contributed by atoms with Crippen LogP contribution in [0.2, 0.25) is 0 Å². The second-order valence-corrected chi connectivity index (χ2v) is 6.05. The lowest BCUT2D eigenvalue weighted by Gasteiger charge is -2.16. The van der Waals surface area contributed by atoms with Crippen LogP contribution >= 0.6 is 0 Å². The number of rotatable bonds is 6. The third-order valence-corrected chi connectivity index (χ3v) is 4.09. The lowest BCUT2D eigenvalue weighted by Crippen LogP contribution is -2.31. The summed E-state index contributed by atoms with van der Waals surface area (Å²) in [5.41, 5.74) is 8.13. The van der Waals surface area contributed by atoms with Crippen LogP contribution in [0, 0.1) is 0 Å². The number of carbonyl (C=O) groups is 2. The quantitative estimate of drug-likeness (QED) is 0.700. The van der Waals surface area contributed by atoms with Gasteiger partial charge in [0, 0.05) is 0 Å².